The number of halogens is 3. The van der Waals surface area contributed by atoms with Crippen LogP contribution in [0.15, 0.2) is 47.6 Å². The third-order valence-electron chi connectivity index (χ3n) is 4.49. The van der Waals surface area contributed by atoms with Gasteiger partial charge < -0.3 is 5.32 Å². The van der Waals surface area contributed by atoms with Crippen LogP contribution in [0.25, 0.3) is 16.6 Å². The van der Waals surface area contributed by atoms with Gasteiger partial charge in [0.25, 0.3) is 0 Å². The van der Waals surface area contributed by atoms with Gasteiger partial charge in [-0.25, -0.2) is 0 Å². The standard InChI is InChI=1S/C20H15Cl3N4OS/c1-10-7-18-25-26-20(27(18)17-6-4-3-5-12(10)17)29-11(2)19(28)24-16-9-14(22)13(21)8-15(16)23/h3-9,11H,1-2H3,(H,24,28). The number of rotatable bonds is 4. The number of hydrogen-bond acceptors (Lipinski definition) is 4. The molecule has 2 aromatic carbocycles. The summed E-state index contributed by atoms with van der Waals surface area (Å²) < 4.78 is 1.96. The minimum Gasteiger partial charge on any atom is -0.324 e. The van der Waals surface area contributed by atoms with Crippen LogP contribution in [0.5, 0.6) is 0 Å². The van der Waals surface area contributed by atoms with Gasteiger partial charge >= 0.3 is 0 Å². The minimum atomic E-state index is -0.451. The highest BCUT2D eigenvalue weighted by Crippen LogP contribution is 2.33. The van der Waals surface area contributed by atoms with Crippen molar-refractivity contribution in [3.63, 3.8) is 0 Å². The quantitative estimate of drug-likeness (QED) is 0.285. The van der Waals surface area contributed by atoms with E-state index < -0.39 is 5.25 Å². The number of benzene rings is 2. The molecule has 4 rings (SSSR count). The number of aryl methyl sites for hydroxylation is 1. The Morgan fingerprint density at radius 3 is 2.59 bits per heavy atom. The van der Waals surface area contributed by atoms with E-state index in [9.17, 15) is 4.79 Å². The molecule has 148 valence electrons. The molecule has 29 heavy (non-hydrogen) atoms. The molecule has 0 saturated carbocycles. The molecular formula is C20H15Cl3N4OS. The molecule has 1 N–H and O–H groups in total. The van der Waals surface area contributed by atoms with Crippen LogP contribution < -0.4 is 5.32 Å². The number of thioether (sulfide) groups is 1. The highest BCUT2D eigenvalue weighted by molar-refractivity contribution is 8.00. The lowest BCUT2D eigenvalue weighted by atomic mass is 10.1. The molecule has 2 heterocycles. The Bertz CT molecular complexity index is 1260. The molecule has 1 atom stereocenters. The SMILES string of the molecule is Cc1cc2nnc(SC(C)C(=O)Nc3cc(Cl)c(Cl)cc3Cl)n2c2ccccc12. The second kappa shape index (κ2) is 8.03. The Morgan fingerprint density at radius 1 is 1.07 bits per heavy atom. The summed E-state index contributed by atoms with van der Waals surface area (Å²) in [7, 11) is 0. The summed E-state index contributed by atoms with van der Waals surface area (Å²) in [5.74, 6) is -0.233. The van der Waals surface area contributed by atoms with Gasteiger partial charge in [-0.1, -0.05) is 64.8 Å². The Balaban J connectivity index is 1.62. The number of fused-ring (bicyclic) bond motifs is 3. The van der Waals surface area contributed by atoms with Crippen molar-refractivity contribution in [2.24, 2.45) is 0 Å². The average Bonchev–Trinajstić information content (AvgIpc) is 3.08. The number of carbonyl (C=O) groups excluding carboxylic acids is 1. The highest BCUT2D eigenvalue weighted by Gasteiger charge is 2.20. The predicted molar refractivity (Wildman–Crippen MR) is 121 cm³/mol. The first kappa shape index (κ1) is 20.3. The summed E-state index contributed by atoms with van der Waals surface area (Å²) in [5, 5.41) is 13.6. The molecular weight excluding hydrogens is 451 g/mol. The van der Waals surface area contributed by atoms with Gasteiger partial charge in [-0.3, -0.25) is 9.20 Å². The third kappa shape index (κ3) is 3.90. The number of anilines is 1. The number of carbonyl (C=O) groups is 1. The van der Waals surface area contributed by atoms with Crippen molar-refractivity contribution in [2.75, 3.05) is 5.32 Å². The highest BCUT2D eigenvalue weighted by atomic mass is 35.5. The van der Waals surface area contributed by atoms with Gasteiger partial charge in [0, 0.05) is 5.39 Å². The van der Waals surface area contributed by atoms with E-state index in [0.29, 0.717) is 25.9 Å². The zero-order valence-corrected chi connectivity index (χ0v) is 18.5. The molecule has 1 amide bonds. The molecule has 9 heteroatoms. The maximum absolute atomic E-state index is 12.7. The lowest BCUT2D eigenvalue weighted by Gasteiger charge is -2.13. The van der Waals surface area contributed by atoms with Crippen molar-refractivity contribution < 1.29 is 4.79 Å². The van der Waals surface area contributed by atoms with Crippen molar-refractivity contribution >= 4 is 74.7 Å². The third-order valence-corrected chi connectivity index (χ3v) is 6.57. The van der Waals surface area contributed by atoms with Gasteiger partial charge in [0.1, 0.15) is 0 Å². The van der Waals surface area contributed by atoms with Crippen molar-refractivity contribution in [3.05, 3.63) is 63.1 Å². The van der Waals surface area contributed by atoms with Crippen molar-refractivity contribution in [3.8, 4) is 0 Å². The van der Waals surface area contributed by atoms with E-state index in [2.05, 4.69) is 21.6 Å². The molecule has 0 saturated heterocycles. The zero-order chi connectivity index (χ0) is 20.7. The molecule has 0 bridgehead atoms. The summed E-state index contributed by atoms with van der Waals surface area (Å²) in [5.41, 5.74) is 3.27. The van der Waals surface area contributed by atoms with Crippen molar-refractivity contribution in [1.29, 1.82) is 0 Å². The summed E-state index contributed by atoms with van der Waals surface area (Å²) in [4.78, 5) is 12.7. The van der Waals surface area contributed by atoms with E-state index in [-0.39, 0.29) is 5.91 Å². The fourth-order valence-corrected chi connectivity index (χ4v) is 4.48. The molecule has 0 aliphatic carbocycles. The molecule has 5 nitrogen and oxygen atoms in total. The Labute approximate surface area is 186 Å². The van der Waals surface area contributed by atoms with Crippen molar-refractivity contribution in [1.82, 2.24) is 14.6 Å². The molecule has 0 fully saturated rings. The summed E-state index contributed by atoms with van der Waals surface area (Å²) in [6.45, 7) is 3.84. The van der Waals surface area contributed by atoms with Crippen LogP contribution in [-0.2, 0) is 4.79 Å². The second-order valence-electron chi connectivity index (χ2n) is 6.52. The van der Waals surface area contributed by atoms with Crippen molar-refractivity contribution in [2.45, 2.75) is 24.3 Å². The van der Waals surface area contributed by atoms with Crippen LogP contribution in [-0.4, -0.2) is 25.8 Å². The van der Waals surface area contributed by atoms with E-state index in [1.54, 1.807) is 6.92 Å². The zero-order valence-electron chi connectivity index (χ0n) is 15.4. The second-order valence-corrected chi connectivity index (χ2v) is 9.05. The molecule has 0 radical (unpaired) electrons. The molecule has 4 aromatic rings. The van der Waals surface area contributed by atoms with Gasteiger partial charge in [0.2, 0.25) is 5.91 Å². The van der Waals surface area contributed by atoms with Gasteiger partial charge in [0.05, 0.1) is 31.5 Å². The summed E-state index contributed by atoms with van der Waals surface area (Å²) in [6.07, 6.45) is 0. The lowest BCUT2D eigenvalue weighted by molar-refractivity contribution is -0.115. The average molecular weight is 466 g/mol. The summed E-state index contributed by atoms with van der Waals surface area (Å²) >= 11 is 19.4. The molecule has 0 aliphatic heterocycles. The van der Waals surface area contributed by atoms with Gasteiger partial charge in [0.15, 0.2) is 10.8 Å². The number of pyridine rings is 1. The van der Waals surface area contributed by atoms with Crippen LogP contribution >= 0.6 is 46.6 Å². The monoisotopic (exact) mass is 464 g/mol. The maximum Gasteiger partial charge on any atom is 0.237 e. The van der Waals surface area contributed by atoms with Crippen LogP contribution in [0, 0.1) is 6.92 Å². The molecule has 0 spiro atoms. The summed E-state index contributed by atoms with van der Waals surface area (Å²) in [6, 6.07) is 13.1. The van der Waals surface area contributed by atoms with Crippen LogP contribution in [0.2, 0.25) is 15.1 Å². The Morgan fingerprint density at radius 2 is 1.79 bits per heavy atom. The number of hydrogen-bond donors (Lipinski definition) is 1. The normalized spacial score (nSPS) is 12.4. The largest absolute Gasteiger partial charge is 0.324 e. The van der Waals surface area contributed by atoms with E-state index in [0.717, 1.165) is 22.1 Å². The number of nitrogens with zero attached hydrogens (tertiary/aromatic N) is 3. The lowest BCUT2D eigenvalue weighted by Crippen LogP contribution is -2.23. The topological polar surface area (TPSA) is 59.3 Å². The number of nitrogens with one attached hydrogen (secondary N) is 1. The smallest absolute Gasteiger partial charge is 0.237 e. The van der Waals surface area contributed by atoms with Gasteiger partial charge in [-0.05, 0) is 43.7 Å². The number of amides is 1. The van der Waals surface area contributed by atoms with Gasteiger partial charge in [-0.15, -0.1) is 10.2 Å². The maximum atomic E-state index is 12.7. The number of aromatic nitrogens is 3. The first-order chi connectivity index (χ1) is 13.8. The molecule has 0 aliphatic rings. The Kier molecular flexibility index (Phi) is 5.62. The van der Waals surface area contributed by atoms with E-state index in [1.807, 2.05) is 35.6 Å². The first-order valence-electron chi connectivity index (χ1n) is 8.70. The van der Waals surface area contributed by atoms with Crippen LogP contribution in [0.3, 0.4) is 0 Å². The minimum absolute atomic E-state index is 0.233. The van der Waals surface area contributed by atoms with E-state index in [1.165, 1.54) is 23.9 Å². The number of para-hydroxylation sites is 1. The predicted octanol–water partition coefficient (Wildman–Crippen LogP) is 6.27. The first-order valence-corrected chi connectivity index (χ1v) is 10.7. The van der Waals surface area contributed by atoms with E-state index in [4.69, 9.17) is 34.8 Å². The van der Waals surface area contributed by atoms with Crippen LogP contribution in [0.1, 0.15) is 12.5 Å². The van der Waals surface area contributed by atoms with E-state index >= 15 is 0 Å². The molecule has 1 unspecified atom stereocenters. The fourth-order valence-electron chi connectivity index (χ4n) is 3.02. The fraction of sp³-hybridized carbons (Fsp3) is 0.150. The van der Waals surface area contributed by atoms with Gasteiger partial charge in [-0.2, -0.15) is 0 Å². The van der Waals surface area contributed by atoms with Crippen LogP contribution in [0.4, 0.5) is 5.69 Å². The molecule has 2 aromatic heterocycles. The Hall–Kier alpha value is -1.99.